The first-order valence-electron chi connectivity index (χ1n) is 8.13. The first kappa shape index (κ1) is 14.9. The Bertz CT molecular complexity index is 786. The summed E-state index contributed by atoms with van der Waals surface area (Å²) in [7, 11) is 3.25. The number of anilines is 1. The molecule has 0 radical (unpaired) electrons. The van der Waals surface area contributed by atoms with Crippen LogP contribution >= 0.6 is 0 Å². The summed E-state index contributed by atoms with van der Waals surface area (Å²) in [5.74, 6) is 1.40. The lowest BCUT2D eigenvalue weighted by atomic mass is 10.0. The first-order valence-corrected chi connectivity index (χ1v) is 8.13. The number of para-hydroxylation sites is 2. The number of fused-ring (bicyclic) bond motifs is 1. The van der Waals surface area contributed by atoms with E-state index in [0.717, 1.165) is 29.7 Å². The van der Waals surface area contributed by atoms with Gasteiger partial charge in [-0.05, 0) is 31.0 Å². The Balaban J connectivity index is 1.84. The molecule has 2 aromatic carbocycles. The van der Waals surface area contributed by atoms with Crippen molar-refractivity contribution in [1.82, 2.24) is 4.90 Å². The summed E-state index contributed by atoms with van der Waals surface area (Å²) >= 11 is 0. The van der Waals surface area contributed by atoms with Gasteiger partial charge in [0, 0.05) is 17.3 Å². The molecule has 0 bridgehead atoms. The molecule has 2 aliphatic rings. The van der Waals surface area contributed by atoms with Gasteiger partial charge in [0.25, 0.3) is 5.91 Å². The van der Waals surface area contributed by atoms with Crippen LogP contribution in [0.3, 0.4) is 0 Å². The summed E-state index contributed by atoms with van der Waals surface area (Å²) in [5, 5.41) is 3.51. The quantitative estimate of drug-likeness (QED) is 0.936. The molecule has 0 aromatic heterocycles. The molecule has 1 heterocycles. The highest BCUT2D eigenvalue weighted by Gasteiger charge is 2.43. The van der Waals surface area contributed by atoms with Crippen molar-refractivity contribution in [2.75, 3.05) is 19.5 Å². The van der Waals surface area contributed by atoms with Crippen LogP contribution in [0.2, 0.25) is 0 Å². The molecule has 1 aliphatic carbocycles. The average Bonchev–Trinajstić information content (AvgIpc) is 3.45. The van der Waals surface area contributed by atoms with Gasteiger partial charge in [0.1, 0.15) is 6.17 Å². The monoisotopic (exact) mass is 324 g/mol. The number of methoxy groups -OCH3 is 2. The molecule has 0 unspecified atom stereocenters. The molecule has 1 amide bonds. The van der Waals surface area contributed by atoms with Gasteiger partial charge in [-0.1, -0.05) is 24.3 Å². The topological polar surface area (TPSA) is 50.8 Å². The Hall–Kier alpha value is -2.69. The van der Waals surface area contributed by atoms with E-state index in [9.17, 15) is 4.79 Å². The Labute approximate surface area is 141 Å². The second-order valence-electron chi connectivity index (χ2n) is 6.12. The number of nitrogens with zero attached hydrogens (tertiary/aromatic N) is 1. The molecule has 0 spiro atoms. The van der Waals surface area contributed by atoms with Crippen molar-refractivity contribution < 1.29 is 14.3 Å². The minimum Gasteiger partial charge on any atom is -0.493 e. The zero-order valence-corrected chi connectivity index (χ0v) is 13.8. The average molecular weight is 324 g/mol. The standard InChI is InChI=1S/C19H20N2O3/c1-23-16-9-5-7-14(17(16)24-2)18-20-15-8-4-3-6-13(15)19(22)21(18)12-10-11-12/h3-9,12,18,20H,10-11H2,1-2H3/t18-/m0/s1. The lowest BCUT2D eigenvalue weighted by Gasteiger charge is -2.39. The number of amides is 1. The van der Waals surface area contributed by atoms with Gasteiger partial charge in [-0.15, -0.1) is 0 Å². The number of nitrogens with one attached hydrogen (secondary N) is 1. The molecule has 1 fully saturated rings. The fourth-order valence-corrected chi connectivity index (χ4v) is 3.35. The van der Waals surface area contributed by atoms with E-state index >= 15 is 0 Å². The lowest BCUT2D eigenvalue weighted by Crippen LogP contribution is -2.44. The van der Waals surface area contributed by atoms with Crippen molar-refractivity contribution in [2.45, 2.75) is 25.0 Å². The number of carbonyl (C=O) groups is 1. The largest absolute Gasteiger partial charge is 0.493 e. The van der Waals surface area contributed by atoms with E-state index in [1.165, 1.54) is 0 Å². The van der Waals surface area contributed by atoms with Crippen molar-refractivity contribution in [3.63, 3.8) is 0 Å². The van der Waals surface area contributed by atoms with Crippen LogP contribution in [-0.4, -0.2) is 31.1 Å². The molecule has 1 aliphatic heterocycles. The molecule has 5 nitrogen and oxygen atoms in total. The number of hydrogen-bond acceptors (Lipinski definition) is 4. The van der Waals surface area contributed by atoms with Crippen LogP contribution in [0.1, 0.15) is 34.9 Å². The van der Waals surface area contributed by atoms with Gasteiger partial charge in [0.2, 0.25) is 0 Å². The number of benzene rings is 2. The van der Waals surface area contributed by atoms with Gasteiger partial charge >= 0.3 is 0 Å². The highest BCUT2D eigenvalue weighted by Crippen LogP contribution is 2.44. The van der Waals surface area contributed by atoms with E-state index in [0.29, 0.717) is 11.5 Å². The zero-order chi connectivity index (χ0) is 16.7. The second kappa shape index (κ2) is 5.74. The summed E-state index contributed by atoms with van der Waals surface area (Å²) in [6.07, 6.45) is 1.82. The number of rotatable bonds is 4. The molecule has 1 N–H and O–H groups in total. The van der Waals surface area contributed by atoms with Crippen LogP contribution in [-0.2, 0) is 0 Å². The predicted octanol–water partition coefficient (Wildman–Crippen LogP) is 3.43. The molecule has 5 heteroatoms. The maximum absolute atomic E-state index is 13.0. The maximum Gasteiger partial charge on any atom is 0.258 e. The molecular weight excluding hydrogens is 304 g/mol. The predicted molar refractivity (Wildman–Crippen MR) is 91.5 cm³/mol. The minimum absolute atomic E-state index is 0.0710. The Morgan fingerprint density at radius 1 is 1.04 bits per heavy atom. The fourth-order valence-electron chi connectivity index (χ4n) is 3.35. The van der Waals surface area contributed by atoms with Gasteiger partial charge in [0.05, 0.1) is 19.8 Å². The van der Waals surface area contributed by atoms with Crippen LogP contribution in [0, 0.1) is 0 Å². The van der Waals surface area contributed by atoms with Gasteiger partial charge in [-0.25, -0.2) is 0 Å². The first-order chi connectivity index (χ1) is 11.7. The molecule has 4 rings (SSSR count). The van der Waals surface area contributed by atoms with Crippen LogP contribution < -0.4 is 14.8 Å². The summed E-state index contributed by atoms with van der Waals surface area (Å²) < 4.78 is 11.0. The second-order valence-corrected chi connectivity index (χ2v) is 6.12. The van der Waals surface area contributed by atoms with E-state index in [1.54, 1.807) is 14.2 Å². The summed E-state index contributed by atoms with van der Waals surface area (Å²) in [6, 6.07) is 13.7. The highest BCUT2D eigenvalue weighted by molar-refractivity contribution is 6.02. The fraction of sp³-hybridized carbons (Fsp3) is 0.316. The maximum atomic E-state index is 13.0. The van der Waals surface area contributed by atoms with Crippen LogP contribution in [0.5, 0.6) is 11.5 Å². The minimum atomic E-state index is -0.259. The molecule has 24 heavy (non-hydrogen) atoms. The Morgan fingerprint density at radius 2 is 1.83 bits per heavy atom. The third-order valence-electron chi connectivity index (χ3n) is 4.63. The van der Waals surface area contributed by atoms with Gasteiger partial charge in [-0.3, -0.25) is 4.79 Å². The van der Waals surface area contributed by atoms with Gasteiger partial charge < -0.3 is 19.7 Å². The van der Waals surface area contributed by atoms with Crippen molar-refractivity contribution in [3.8, 4) is 11.5 Å². The van der Waals surface area contributed by atoms with Gasteiger partial charge in [-0.2, -0.15) is 0 Å². The van der Waals surface area contributed by atoms with Crippen LogP contribution in [0.15, 0.2) is 42.5 Å². The summed E-state index contributed by atoms with van der Waals surface area (Å²) in [6.45, 7) is 0. The Kier molecular flexibility index (Phi) is 3.56. The van der Waals surface area contributed by atoms with Crippen molar-refractivity contribution >= 4 is 11.6 Å². The van der Waals surface area contributed by atoms with Crippen LogP contribution in [0.4, 0.5) is 5.69 Å². The van der Waals surface area contributed by atoms with Crippen molar-refractivity contribution in [2.24, 2.45) is 0 Å². The van der Waals surface area contributed by atoms with E-state index in [-0.39, 0.29) is 18.1 Å². The van der Waals surface area contributed by atoms with E-state index in [2.05, 4.69) is 5.32 Å². The van der Waals surface area contributed by atoms with Gasteiger partial charge in [0.15, 0.2) is 11.5 Å². The smallest absolute Gasteiger partial charge is 0.258 e. The van der Waals surface area contributed by atoms with E-state index in [4.69, 9.17) is 9.47 Å². The molecule has 0 saturated heterocycles. The van der Waals surface area contributed by atoms with Crippen molar-refractivity contribution in [1.29, 1.82) is 0 Å². The van der Waals surface area contributed by atoms with Crippen molar-refractivity contribution in [3.05, 3.63) is 53.6 Å². The van der Waals surface area contributed by atoms with E-state index < -0.39 is 0 Å². The highest BCUT2D eigenvalue weighted by atomic mass is 16.5. The normalized spacial score (nSPS) is 19.5. The molecule has 124 valence electrons. The zero-order valence-electron chi connectivity index (χ0n) is 13.8. The Morgan fingerprint density at radius 3 is 2.54 bits per heavy atom. The SMILES string of the molecule is COc1cccc([C@H]2Nc3ccccc3C(=O)N2C2CC2)c1OC. The third-order valence-corrected chi connectivity index (χ3v) is 4.63. The molecule has 1 atom stereocenters. The van der Waals surface area contributed by atoms with E-state index in [1.807, 2.05) is 47.4 Å². The number of ether oxygens (including phenoxy) is 2. The summed E-state index contributed by atoms with van der Waals surface area (Å²) in [4.78, 5) is 15.0. The molecular formula is C19H20N2O3. The number of hydrogen-bond donors (Lipinski definition) is 1. The summed E-state index contributed by atoms with van der Waals surface area (Å²) in [5.41, 5.74) is 2.49. The third kappa shape index (κ3) is 2.28. The lowest BCUT2D eigenvalue weighted by molar-refractivity contribution is 0.0664. The molecule has 1 saturated carbocycles. The number of carbonyl (C=O) groups excluding carboxylic acids is 1. The molecule has 2 aromatic rings. The van der Waals surface area contributed by atoms with Crippen LogP contribution in [0.25, 0.3) is 0 Å².